The lowest BCUT2D eigenvalue weighted by Crippen LogP contribution is -2.58. The van der Waals surface area contributed by atoms with Gasteiger partial charge in [-0.05, 0) is 39.4 Å². The lowest BCUT2D eigenvalue weighted by molar-refractivity contribution is -0.152. The number of carbonyl (C=O) groups is 2. The van der Waals surface area contributed by atoms with Crippen LogP contribution in [-0.2, 0) is 14.3 Å². The largest absolute Gasteiger partial charge is 0.465 e. The lowest BCUT2D eigenvalue weighted by Gasteiger charge is -2.34. The molecule has 2 N–H and O–H groups in total. The van der Waals surface area contributed by atoms with Crippen LogP contribution >= 0.6 is 12.2 Å². The maximum atomic E-state index is 11.8. The van der Waals surface area contributed by atoms with Gasteiger partial charge in [0.1, 0.15) is 11.7 Å². The molecule has 17 heavy (non-hydrogen) atoms. The first-order chi connectivity index (χ1) is 7.95. The predicted octanol–water partition coefficient (Wildman–Crippen LogP) is 0.380. The second-order valence-corrected chi connectivity index (χ2v) is 4.61. The number of ketones is 1. The van der Waals surface area contributed by atoms with Crippen molar-refractivity contribution in [3.05, 3.63) is 0 Å². The van der Waals surface area contributed by atoms with E-state index in [4.69, 9.17) is 17.0 Å². The van der Waals surface area contributed by atoms with Crippen LogP contribution in [0.5, 0.6) is 0 Å². The topological polar surface area (TPSA) is 67.4 Å². The van der Waals surface area contributed by atoms with Crippen molar-refractivity contribution in [3.63, 3.8) is 0 Å². The van der Waals surface area contributed by atoms with Crippen LogP contribution in [0.25, 0.3) is 0 Å². The van der Waals surface area contributed by atoms with Crippen molar-refractivity contribution in [2.24, 2.45) is 5.92 Å². The van der Waals surface area contributed by atoms with E-state index >= 15 is 0 Å². The minimum Gasteiger partial charge on any atom is -0.465 e. The molecule has 5 nitrogen and oxygen atoms in total. The Hall–Kier alpha value is -1.17. The first kappa shape index (κ1) is 13.9. The molecule has 0 spiro atoms. The summed E-state index contributed by atoms with van der Waals surface area (Å²) < 4.78 is 4.93. The molecule has 96 valence electrons. The third kappa shape index (κ3) is 3.66. The Morgan fingerprint density at radius 2 is 2.18 bits per heavy atom. The number of Topliss-reactive ketones (excluding diaryl/α,β-unsaturated/α-hetero) is 1. The van der Waals surface area contributed by atoms with Crippen LogP contribution in [0.2, 0.25) is 0 Å². The minimum atomic E-state index is -0.780. The second-order valence-electron chi connectivity index (χ2n) is 4.20. The Balaban J connectivity index is 2.79. The third-order valence-electron chi connectivity index (χ3n) is 2.68. The van der Waals surface area contributed by atoms with Crippen molar-refractivity contribution < 1.29 is 14.3 Å². The van der Waals surface area contributed by atoms with Gasteiger partial charge in [0.25, 0.3) is 0 Å². The van der Waals surface area contributed by atoms with E-state index < -0.39 is 11.9 Å². The fourth-order valence-electron chi connectivity index (χ4n) is 2.00. The highest BCUT2D eigenvalue weighted by atomic mass is 32.1. The molecule has 0 amide bonds. The Kier molecular flexibility index (Phi) is 4.86. The molecule has 0 aromatic carbocycles. The quantitative estimate of drug-likeness (QED) is 0.432. The molecule has 0 unspecified atom stereocenters. The molecule has 0 saturated carbocycles. The average molecular weight is 258 g/mol. The van der Waals surface area contributed by atoms with Gasteiger partial charge in [-0.3, -0.25) is 9.59 Å². The first-order valence-electron chi connectivity index (χ1n) is 5.69. The highest BCUT2D eigenvalue weighted by Gasteiger charge is 2.37. The highest BCUT2D eigenvalue weighted by Crippen LogP contribution is 2.16. The molecule has 1 aliphatic heterocycles. The highest BCUT2D eigenvalue weighted by molar-refractivity contribution is 7.80. The molecule has 0 aromatic rings. The molecule has 0 aromatic heterocycles. The van der Waals surface area contributed by atoms with Gasteiger partial charge in [-0.15, -0.1) is 0 Å². The Bertz CT molecular complexity index is 333. The van der Waals surface area contributed by atoms with Gasteiger partial charge >= 0.3 is 5.97 Å². The standard InChI is InChI=1S/C11H18N2O3S/c1-4-16-10(15)9(7(3)14)8-5-6(2)12-11(17)13-8/h6,8-9H,4-5H2,1-3H3,(H2,12,13,17)/t6-,8+,9+/m0/s1. The van der Waals surface area contributed by atoms with Gasteiger partial charge in [0.05, 0.1) is 12.6 Å². The van der Waals surface area contributed by atoms with Crippen LogP contribution in [0.1, 0.15) is 27.2 Å². The monoisotopic (exact) mass is 258 g/mol. The average Bonchev–Trinajstić information content (AvgIpc) is 2.15. The smallest absolute Gasteiger partial charge is 0.318 e. The summed E-state index contributed by atoms with van der Waals surface area (Å²) in [5, 5.41) is 6.47. The van der Waals surface area contributed by atoms with E-state index in [9.17, 15) is 9.59 Å². The lowest BCUT2D eigenvalue weighted by atomic mass is 9.90. The number of carbonyl (C=O) groups excluding carboxylic acids is 2. The molecular weight excluding hydrogens is 240 g/mol. The van der Waals surface area contributed by atoms with Crippen molar-refractivity contribution >= 4 is 29.1 Å². The summed E-state index contributed by atoms with van der Waals surface area (Å²) >= 11 is 5.03. The Labute approximate surface area is 106 Å². The Morgan fingerprint density at radius 1 is 1.53 bits per heavy atom. The van der Waals surface area contributed by atoms with E-state index in [1.54, 1.807) is 6.92 Å². The maximum Gasteiger partial charge on any atom is 0.318 e. The van der Waals surface area contributed by atoms with E-state index in [0.29, 0.717) is 11.5 Å². The number of nitrogens with one attached hydrogen (secondary N) is 2. The van der Waals surface area contributed by atoms with Gasteiger partial charge in [0.15, 0.2) is 5.11 Å². The molecule has 3 atom stereocenters. The number of rotatable bonds is 4. The molecular formula is C11H18N2O3S. The summed E-state index contributed by atoms with van der Waals surface area (Å²) in [5.41, 5.74) is 0. The normalized spacial score (nSPS) is 25.5. The molecule has 1 aliphatic rings. The van der Waals surface area contributed by atoms with Crippen LogP contribution in [-0.4, -0.2) is 35.6 Å². The molecule has 1 fully saturated rings. The van der Waals surface area contributed by atoms with Gasteiger partial charge in [-0.2, -0.15) is 0 Å². The first-order valence-corrected chi connectivity index (χ1v) is 6.10. The molecule has 1 saturated heterocycles. The summed E-state index contributed by atoms with van der Waals surface area (Å²) in [6.45, 7) is 5.35. The van der Waals surface area contributed by atoms with Crippen molar-refractivity contribution in [2.45, 2.75) is 39.3 Å². The summed E-state index contributed by atoms with van der Waals surface area (Å²) in [5.74, 6) is -1.45. The van der Waals surface area contributed by atoms with E-state index in [0.717, 1.165) is 0 Å². The summed E-state index contributed by atoms with van der Waals surface area (Å²) in [6, 6.07) is -0.139. The number of esters is 1. The SMILES string of the molecule is CCOC(=O)[C@H](C(C)=O)[C@H]1C[C@H](C)NC(=S)N1. The van der Waals surface area contributed by atoms with Crippen LogP contribution in [0.4, 0.5) is 0 Å². The van der Waals surface area contributed by atoms with Gasteiger partial charge in [0, 0.05) is 6.04 Å². The molecule has 0 bridgehead atoms. The van der Waals surface area contributed by atoms with E-state index in [1.165, 1.54) is 6.92 Å². The second kappa shape index (κ2) is 5.95. The number of ether oxygens (including phenoxy) is 1. The Morgan fingerprint density at radius 3 is 2.65 bits per heavy atom. The third-order valence-corrected chi connectivity index (χ3v) is 2.92. The van der Waals surface area contributed by atoms with E-state index in [-0.39, 0.29) is 24.5 Å². The van der Waals surface area contributed by atoms with E-state index in [2.05, 4.69) is 10.6 Å². The zero-order valence-electron chi connectivity index (χ0n) is 10.3. The molecule has 0 radical (unpaired) electrons. The van der Waals surface area contributed by atoms with Crippen LogP contribution < -0.4 is 10.6 Å². The summed E-state index contributed by atoms with van der Waals surface area (Å²) in [4.78, 5) is 23.3. The minimum absolute atomic E-state index is 0.144. The van der Waals surface area contributed by atoms with Gasteiger partial charge < -0.3 is 15.4 Å². The van der Waals surface area contributed by atoms with Crippen LogP contribution in [0, 0.1) is 5.92 Å². The number of thiocarbonyl (C=S) groups is 1. The fourth-order valence-corrected chi connectivity index (χ4v) is 2.35. The van der Waals surface area contributed by atoms with Gasteiger partial charge in [-0.25, -0.2) is 0 Å². The maximum absolute atomic E-state index is 11.8. The van der Waals surface area contributed by atoms with Crippen molar-refractivity contribution in [2.75, 3.05) is 6.61 Å². The number of hydrogen-bond acceptors (Lipinski definition) is 4. The van der Waals surface area contributed by atoms with Crippen molar-refractivity contribution in [1.82, 2.24) is 10.6 Å². The fraction of sp³-hybridized carbons (Fsp3) is 0.727. The summed E-state index contributed by atoms with van der Waals surface area (Å²) in [6.07, 6.45) is 0.656. The van der Waals surface area contributed by atoms with Gasteiger partial charge in [0.2, 0.25) is 0 Å². The molecule has 1 rings (SSSR count). The van der Waals surface area contributed by atoms with Crippen molar-refractivity contribution in [1.29, 1.82) is 0 Å². The molecule has 1 heterocycles. The molecule has 0 aliphatic carbocycles. The van der Waals surface area contributed by atoms with Gasteiger partial charge in [-0.1, -0.05) is 0 Å². The molecule has 6 heteroatoms. The van der Waals surface area contributed by atoms with Crippen LogP contribution in [0.15, 0.2) is 0 Å². The zero-order valence-corrected chi connectivity index (χ0v) is 11.1. The van der Waals surface area contributed by atoms with Crippen LogP contribution in [0.3, 0.4) is 0 Å². The van der Waals surface area contributed by atoms with Crippen molar-refractivity contribution in [3.8, 4) is 0 Å². The predicted molar refractivity (Wildman–Crippen MR) is 67.5 cm³/mol. The summed E-state index contributed by atoms with van der Waals surface area (Å²) in [7, 11) is 0. The number of hydrogen-bond donors (Lipinski definition) is 2. The zero-order chi connectivity index (χ0) is 13.0. The van der Waals surface area contributed by atoms with E-state index in [1.807, 2.05) is 6.92 Å².